The first kappa shape index (κ1) is 31.8. The second kappa shape index (κ2) is 11.5. The van der Waals surface area contributed by atoms with Gasteiger partial charge in [-0.3, -0.25) is 14.6 Å². The molecule has 3 aromatic rings. The van der Waals surface area contributed by atoms with Crippen LogP contribution in [0.1, 0.15) is 62.2 Å². The molecule has 2 unspecified atom stereocenters. The zero-order valence-corrected chi connectivity index (χ0v) is 26.9. The lowest BCUT2D eigenvalue weighted by molar-refractivity contribution is -0.137. The van der Waals surface area contributed by atoms with Gasteiger partial charge in [0, 0.05) is 47.0 Å². The minimum Gasteiger partial charge on any atom is -0.507 e. The largest absolute Gasteiger partial charge is 0.507 e. The van der Waals surface area contributed by atoms with Crippen LogP contribution in [0.15, 0.2) is 36.4 Å². The highest BCUT2D eigenvalue weighted by atomic mass is 19.4. The Hall–Kier alpha value is -4.73. The van der Waals surface area contributed by atoms with E-state index in [1.165, 1.54) is 24.3 Å². The molecule has 12 heteroatoms. The number of likely N-dealkylation sites (N-methyl/N-ethyl adjacent to an activating group) is 1. The van der Waals surface area contributed by atoms with Crippen LogP contribution in [-0.2, 0) is 23.8 Å². The molecule has 0 aliphatic carbocycles. The quantitative estimate of drug-likeness (QED) is 0.320. The van der Waals surface area contributed by atoms with Gasteiger partial charge in [0.1, 0.15) is 17.5 Å². The number of halogens is 3. The molecule has 0 spiro atoms. The number of phenolic OH excluding ortho intramolecular Hbond substituents is 2. The summed E-state index contributed by atoms with van der Waals surface area (Å²) in [6.45, 7) is 5.54. The van der Waals surface area contributed by atoms with Crippen LogP contribution in [0.4, 0.5) is 13.2 Å². The molecule has 1 saturated heterocycles. The number of piperazine rings is 1. The molecule has 0 radical (unpaired) electrons. The number of nitrogens with one attached hydrogen (secondary N) is 1. The van der Waals surface area contributed by atoms with Crippen LogP contribution >= 0.6 is 0 Å². The molecule has 3 aromatic carbocycles. The number of fused-ring (bicyclic) bond motifs is 9. The molecule has 7 rings (SSSR count). The Balaban J connectivity index is 1.30. The molecular weight excluding hydrogens is 625 g/mol. The first-order valence-electron chi connectivity index (χ1n) is 15.8. The Labute approximate surface area is 275 Å². The summed E-state index contributed by atoms with van der Waals surface area (Å²) in [5.74, 6) is 0.582. The lowest BCUT2D eigenvalue weighted by Gasteiger charge is -2.60. The van der Waals surface area contributed by atoms with Gasteiger partial charge in [0.05, 0.1) is 23.7 Å². The molecule has 0 aromatic heterocycles. The third kappa shape index (κ3) is 4.87. The summed E-state index contributed by atoms with van der Waals surface area (Å²) in [4.78, 5) is 17.4. The molecule has 48 heavy (non-hydrogen) atoms. The summed E-state index contributed by atoms with van der Waals surface area (Å²) in [5.41, 5.74) is 4.71. The minimum absolute atomic E-state index is 0.000659. The number of alkyl halides is 3. The number of amides is 1. The Morgan fingerprint density at radius 2 is 1.81 bits per heavy atom. The van der Waals surface area contributed by atoms with Gasteiger partial charge in [-0.25, -0.2) is 0 Å². The summed E-state index contributed by atoms with van der Waals surface area (Å²) < 4.78 is 51.4. The summed E-state index contributed by atoms with van der Waals surface area (Å²) in [5, 5.41) is 36.7. The Morgan fingerprint density at radius 3 is 2.54 bits per heavy atom. The predicted molar refractivity (Wildman–Crippen MR) is 170 cm³/mol. The molecule has 3 N–H and O–H groups in total. The van der Waals surface area contributed by atoms with E-state index in [-0.39, 0.29) is 48.5 Å². The number of nitrogens with zero attached hydrogens (tertiary/aromatic N) is 3. The maximum Gasteiger partial charge on any atom is 0.416 e. The summed E-state index contributed by atoms with van der Waals surface area (Å²) in [6.07, 6.45) is -1.16. The molecule has 4 heterocycles. The number of phenols is 2. The highest BCUT2D eigenvalue weighted by Gasteiger charge is 2.56. The number of aryl methyl sites for hydroxylation is 1. The number of hydrogen-bond acceptors (Lipinski definition) is 8. The third-order valence-corrected chi connectivity index (χ3v) is 10.6. The lowest BCUT2D eigenvalue weighted by Crippen LogP contribution is -2.68. The molecule has 0 saturated carbocycles. The monoisotopic (exact) mass is 660 g/mol. The molecule has 250 valence electrons. The smallest absolute Gasteiger partial charge is 0.416 e. The van der Waals surface area contributed by atoms with E-state index in [0.717, 1.165) is 34.4 Å². The van der Waals surface area contributed by atoms with Gasteiger partial charge < -0.3 is 25.0 Å². The van der Waals surface area contributed by atoms with Gasteiger partial charge in [-0.05, 0) is 81.1 Å². The van der Waals surface area contributed by atoms with Crippen LogP contribution < -0.4 is 14.8 Å². The molecule has 4 aliphatic rings. The fourth-order valence-electron chi connectivity index (χ4n) is 8.15. The normalized spacial score (nSPS) is 24.5. The molecular formula is C36H35F3N4O5. The fourth-order valence-corrected chi connectivity index (χ4v) is 8.15. The first-order valence-corrected chi connectivity index (χ1v) is 15.8. The van der Waals surface area contributed by atoms with E-state index in [1.54, 1.807) is 6.92 Å². The van der Waals surface area contributed by atoms with Crippen LogP contribution in [0.5, 0.6) is 23.0 Å². The standard InChI is InChI=1S/C36H35F3N4O5/c1-17-10-21-12-24-26(14-40)43-25(31(42(24)4)29(21)33(46)18(17)2)13-23-30(35-34(47-16-48-35)19(3)32(23)45)27(43)15-41-28(44)9-8-20-6-5-7-22(11-20)36(37,38)39/h5-11,24-27,31,45-46H,12-13,15-16H2,1-4H3,(H,41,44)/b9-8+/t24-,25?,26-,27-,31?/m0/s1. The molecule has 1 fully saturated rings. The number of benzene rings is 3. The van der Waals surface area contributed by atoms with Gasteiger partial charge in [0.2, 0.25) is 12.7 Å². The van der Waals surface area contributed by atoms with Gasteiger partial charge in [0.25, 0.3) is 0 Å². The molecule has 2 bridgehead atoms. The van der Waals surface area contributed by atoms with Crippen molar-refractivity contribution in [2.24, 2.45) is 0 Å². The Kier molecular flexibility index (Phi) is 7.60. The second-order valence-corrected chi connectivity index (χ2v) is 13.1. The van der Waals surface area contributed by atoms with E-state index in [4.69, 9.17) is 9.47 Å². The summed E-state index contributed by atoms with van der Waals surface area (Å²) in [7, 11) is 1.96. The SMILES string of the molecule is Cc1cc2c(c(O)c1C)C1C3Cc4c(O)c(C)c5c(c4[C@H](CNC(=O)/C=C/c4cccc(C(F)(F)F)c4)N3[C@@H](C#N)[C@H](C2)N1C)OCO5. The van der Waals surface area contributed by atoms with Crippen molar-refractivity contribution in [3.8, 4) is 29.1 Å². The highest BCUT2D eigenvalue weighted by Crippen LogP contribution is 2.57. The van der Waals surface area contributed by atoms with Crippen LogP contribution in [0.2, 0.25) is 0 Å². The van der Waals surface area contributed by atoms with E-state index in [0.29, 0.717) is 41.0 Å². The molecule has 1 amide bonds. The van der Waals surface area contributed by atoms with Crippen molar-refractivity contribution in [1.29, 1.82) is 5.26 Å². The van der Waals surface area contributed by atoms with Crippen molar-refractivity contribution in [3.05, 3.63) is 86.5 Å². The zero-order valence-electron chi connectivity index (χ0n) is 26.9. The average molecular weight is 661 g/mol. The van der Waals surface area contributed by atoms with Crippen LogP contribution in [0, 0.1) is 32.1 Å². The van der Waals surface area contributed by atoms with E-state index >= 15 is 0 Å². The van der Waals surface area contributed by atoms with E-state index in [9.17, 15) is 33.4 Å². The van der Waals surface area contributed by atoms with Gasteiger partial charge >= 0.3 is 6.18 Å². The van der Waals surface area contributed by atoms with Crippen molar-refractivity contribution in [3.63, 3.8) is 0 Å². The number of carbonyl (C=O) groups is 1. The lowest BCUT2D eigenvalue weighted by atomic mass is 9.71. The predicted octanol–water partition coefficient (Wildman–Crippen LogP) is 5.37. The number of nitriles is 1. The maximum atomic E-state index is 13.2. The summed E-state index contributed by atoms with van der Waals surface area (Å²) in [6, 6.07) is 7.07. The maximum absolute atomic E-state index is 13.2. The van der Waals surface area contributed by atoms with Gasteiger partial charge in [-0.1, -0.05) is 18.2 Å². The number of carbonyl (C=O) groups excluding carboxylic acids is 1. The van der Waals surface area contributed by atoms with E-state index in [1.807, 2.05) is 20.9 Å². The number of rotatable bonds is 4. The van der Waals surface area contributed by atoms with Crippen molar-refractivity contribution in [1.82, 2.24) is 15.1 Å². The Morgan fingerprint density at radius 1 is 1.06 bits per heavy atom. The minimum atomic E-state index is -4.51. The van der Waals surface area contributed by atoms with E-state index in [2.05, 4.69) is 27.3 Å². The first-order chi connectivity index (χ1) is 22.8. The molecule has 9 nitrogen and oxygen atoms in total. The van der Waals surface area contributed by atoms with Crippen molar-refractivity contribution in [2.75, 3.05) is 20.4 Å². The topological polar surface area (TPSA) is 118 Å². The van der Waals surface area contributed by atoms with Crippen molar-refractivity contribution >= 4 is 12.0 Å². The second-order valence-electron chi connectivity index (χ2n) is 13.1. The van der Waals surface area contributed by atoms with Crippen LogP contribution in [0.25, 0.3) is 6.08 Å². The Bertz CT molecular complexity index is 1920. The third-order valence-electron chi connectivity index (χ3n) is 10.6. The number of ether oxygens (including phenoxy) is 2. The van der Waals surface area contributed by atoms with E-state index < -0.39 is 29.7 Å². The summed E-state index contributed by atoms with van der Waals surface area (Å²) >= 11 is 0. The van der Waals surface area contributed by atoms with Gasteiger partial charge in [0.15, 0.2) is 11.5 Å². The zero-order chi connectivity index (χ0) is 34.2. The number of aromatic hydroxyl groups is 2. The molecule has 4 aliphatic heterocycles. The van der Waals surface area contributed by atoms with Crippen molar-refractivity contribution < 1.29 is 37.7 Å². The number of hydrogen-bond donors (Lipinski definition) is 3. The fraction of sp³-hybridized carbons (Fsp3) is 0.389. The molecule has 5 atom stereocenters. The van der Waals surface area contributed by atoms with Gasteiger partial charge in [-0.15, -0.1) is 0 Å². The average Bonchev–Trinajstić information content (AvgIpc) is 3.54. The van der Waals surface area contributed by atoms with Crippen LogP contribution in [0.3, 0.4) is 0 Å². The van der Waals surface area contributed by atoms with Crippen molar-refractivity contribution in [2.45, 2.75) is 70.0 Å². The highest BCUT2D eigenvalue weighted by molar-refractivity contribution is 5.91. The van der Waals surface area contributed by atoms with Crippen LogP contribution in [-0.4, -0.2) is 64.4 Å². The van der Waals surface area contributed by atoms with Gasteiger partial charge in [-0.2, -0.15) is 18.4 Å².